The number of benzene rings is 4. The Morgan fingerprint density at radius 3 is 1.26 bits per heavy atom. The van der Waals surface area contributed by atoms with Gasteiger partial charge in [-0.05, 0) is 142 Å². The molecule has 0 heterocycles. The molecular formula is C45H51Cl3O2. The SMILES string of the molecule is CC1(C)CC2(CC(C)(C)c3ccc(O)c(Cl)c32)c2c1ccc(O)c2Cl.Cc1cc(C)c2c(c1)C(C)(C)C[C@]21CC(C)(C)c2cc(C)cc(Cl)c21. The van der Waals surface area contributed by atoms with Crippen molar-refractivity contribution in [1.29, 1.82) is 0 Å². The summed E-state index contributed by atoms with van der Waals surface area (Å²) < 4.78 is 0. The number of aromatic hydroxyl groups is 2. The molecule has 50 heavy (non-hydrogen) atoms. The Morgan fingerprint density at radius 1 is 0.460 bits per heavy atom. The summed E-state index contributed by atoms with van der Waals surface area (Å²) in [5.41, 5.74) is 14.1. The first-order valence-corrected chi connectivity index (χ1v) is 19.1. The average Bonchev–Trinajstić information content (AvgIpc) is 3.52. The van der Waals surface area contributed by atoms with Crippen molar-refractivity contribution in [1.82, 2.24) is 0 Å². The van der Waals surface area contributed by atoms with Crippen molar-refractivity contribution < 1.29 is 10.2 Å². The van der Waals surface area contributed by atoms with Crippen LogP contribution in [-0.2, 0) is 32.5 Å². The topological polar surface area (TPSA) is 40.5 Å². The molecule has 5 heteroatoms. The monoisotopic (exact) mass is 728 g/mol. The number of phenols is 2. The molecule has 2 nitrogen and oxygen atoms in total. The third-order valence-electron chi connectivity index (χ3n) is 12.8. The van der Waals surface area contributed by atoms with Crippen LogP contribution in [0.5, 0.6) is 11.5 Å². The summed E-state index contributed by atoms with van der Waals surface area (Å²) in [7, 11) is 0. The highest BCUT2D eigenvalue weighted by atomic mass is 35.5. The highest BCUT2D eigenvalue weighted by molar-refractivity contribution is 6.34. The maximum atomic E-state index is 10.3. The first kappa shape index (κ1) is 35.7. The van der Waals surface area contributed by atoms with Gasteiger partial charge in [-0.2, -0.15) is 0 Å². The van der Waals surface area contributed by atoms with Gasteiger partial charge in [-0.3, -0.25) is 0 Å². The molecule has 4 aliphatic carbocycles. The highest BCUT2D eigenvalue weighted by Gasteiger charge is 2.59. The minimum Gasteiger partial charge on any atom is -0.506 e. The van der Waals surface area contributed by atoms with E-state index < -0.39 is 5.41 Å². The maximum Gasteiger partial charge on any atom is 0.134 e. The van der Waals surface area contributed by atoms with Gasteiger partial charge in [0.1, 0.15) is 11.5 Å². The smallest absolute Gasteiger partial charge is 0.134 e. The quantitative estimate of drug-likeness (QED) is 0.189. The van der Waals surface area contributed by atoms with Crippen molar-refractivity contribution in [3.8, 4) is 11.5 Å². The molecule has 0 fully saturated rings. The lowest BCUT2D eigenvalue weighted by Gasteiger charge is -2.32. The van der Waals surface area contributed by atoms with Gasteiger partial charge in [0.25, 0.3) is 0 Å². The van der Waals surface area contributed by atoms with E-state index in [0.29, 0.717) is 10.0 Å². The number of hydrogen-bond donors (Lipinski definition) is 2. The van der Waals surface area contributed by atoms with E-state index >= 15 is 0 Å². The molecule has 0 saturated heterocycles. The number of fused-ring (bicyclic) bond motifs is 8. The van der Waals surface area contributed by atoms with Crippen molar-refractivity contribution >= 4 is 34.8 Å². The normalized spacial score (nSPS) is 23.3. The Hall–Kier alpha value is -2.65. The van der Waals surface area contributed by atoms with Crippen LogP contribution in [0.4, 0.5) is 0 Å². The lowest BCUT2D eigenvalue weighted by Crippen LogP contribution is -2.27. The van der Waals surface area contributed by atoms with Crippen LogP contribution in [0.15, 0.2) is 48.5 Å². The van der Waals surface area contributed by atoms with Crippen LogP contribution in [0.1, 0.15) is 142 Å². The molecule has 2 spiro atoms. The number of phenolic OH excluding ortho intramolecular Hbond substituents is 2. The molecule has 0 aromatic heterocycles. The summed E-state index contributed by atoms with van der Waals surface area (Å²) in [6, 6.07) is 16.6. The summed E-state index contributed by atoms with van der Waals surface area (Å²) in [5.74, 6) is 0.194. The Labute approximate surface area is 314 Å². The van der Waals surface area contributed by atoms with Gasteiger partial charge in [-0.15, -0.1) is 0 Å². The third kappa shape index (κ3) is 4.87. The average molecular weight is 730 g/mol. The Balaban J connectivity index is 0.000000157. The van der Waals surface area contributed by atoms with Crippen LogP contribution in [0.2, 0.25) is 15.1 Å². The van der Waals surface area contributed by atoms with Gasteiger partial charge in [-0.1, -0.05) is 126 Å². The zero-order chi connectivity index (χ0) is 36.7. The lowest BCUT2D eigenvalue weighted by molar-refractivity contribution is 0.348. The van der Waals surface area contributed by atoms with Crippen molar-refractivity contribution in [3.05, 3.63) is 125 Å². The fourth-order valence-electron chi connectivity index (χ4n) is 11.6. The maximum absolute atomic E-state index is 10.3. The second-order valence-corrected chi connectivity index (χ2v) is 19.9. The summed E-state index contributed by atoms with van der Waals surface area (Å²) >= 11 is 20.2. The summed E-state index contributed by atoms with van der Waals surface area (Å²) in [6.45, 7) is 25.1. The summed E-state index contributed by atoms with van der Waals surface area (Å²) in [6.07, 6.45) is 3.99. The van der Waals surface area contributed by atoms with E-state index in [0.717, 1.165) is 53.0 Å². The van der Waals surface area contributed by atoms with E-state index in [1.54, 1.807) is 17.7 Å². The molecule has 0 saturated carbocycles. The van der Waals surface area contributed by atoms with Gasteiger partial charge in [0.05, 0.1) is 10.0 Å². The Kier molecular flexibility index (Phi) is 7.82. The second kappa shape index (κ2) is 10.9. The van der Waals surface area contributed by atoms with E-state index in [2.05, 4.69) is 100 Å². The van der Waals surface area contributed by atoms with Crippen LogP contribution in [0.25, 0.3) is 0 Å². The van der Waals surface area contributed by atoms with E-state index in [9.17, 15) is 10.2 Å². The first-order chi connectivity index (χ1) is 23.0. The largest absolute Gasteiger partial charge is 0.506 e. The zero-order valence-electron chi connectivity index (χ0n) is 31.5. The van der Waals surface area contributed by atoms with Crippen LogP contribution in [0, 0.1) is 20.8 Å². The van der Waals surface area contributed by atoms with E-state index in [1.165, 1.54) is 33.4 Å². The molecule has 1 atom stereocenters. The fraction of sp³-hybridized carbons (Fsp3) is 0.467. The van der Waals surface area contributed by atoms with Crippen LogP contribution < -0.4 is 0 Å². The standard InChI is InChI=1S/C24H29Cl.C21H22Cl2O2/c1-14-8-16(3)20-17(9-14)22(4,5)12-24(20)13-23(6,7)18-10-15(2)11-19(25)21(18)24;1-19(2)9-21(15-11(19)5-7-13(24)17(15)22)10-20(3,4)12-6-8-14(25)18(23)16(12)21/h8-11H,12-13H2,1-7H3;5-8,24-25H,9-10H2,1-4H3/t24-;/m0./s1. The Morgan fingerprint density at radius 2 is 0.820 bits per heavy atom. The van der Waals surface area contributed by atoms with E-state index in [1.807, 2.05) is 12.1 Å². The van der Waals surface area contributed by atoms with Gasteiger partial charge in [0.15, 0.2) is 0 Å². The predicted octanol–water partition coefficient (Wildman–Crippen LogP) is 13.0. The summed E-state index contributed by atoms with van der Waals surface area (Å²) in [5, 5.41) is 22.3. The number of halogens is 3. The molecule has 0 bridgehead atoms. The molecule has 0 aliphatic heterocycles. The number of hydrogen-bond acceptors (Lipinski definition) is 2. The predicted molar refractivity (Wildman–Crippen MR) is 210 cm³/mol. The molecule has 4 aromatic carbocycles. The minimum atomic E-state index is -0.399. The molecule has 4 aliphatic rings. The van der Waals surface area contributed by atoms with Crippen LogP contribution >= 0.6 is 34.8 Å². The first-order valence-electron chi connectivity index (χ1n) is 18.0. The van der Waals surface area contributed by atoms with Crippen molar-refractivity contribution in [2.24, 2.45) is 0 Å². The van der Waals surface area contributed by atoms with Crippen molar-refractivity contribution in [2.45, 2.75) is 134 Å². The molecule has 4 aromatic rings. The van der Waals surface area contributed by atoms with Crippen molar-refractivity contribution in [2.75, 3.05) is 0 Å². The lowest BCUT2D eigenvalue weighted by atomic mass is 9.71. The molecule has 0 radical (unpaired) electrons. The van der Waals surface area contributed by atoms with Gasteiger partial charge >= 0.3 is 0 Å². The number of rotatable bonds is 0. The molecular weight excluding hydrogens is 679 g/mol. The van der Waals surface area contributed by atoms with Gasteiger partial charge in [0.2, 0.25) is 0 Å². The fourth-order valence-corrected chi connectivity index (χ4v) is 12.7. The van der Waals surface area contributed by atoms with Crippen molar-refractivity contribution in [3.63, 3.8) is 0 Å². The van der Waals surface area contributed by atoms with E-state index in [4.69, 9.17) is 34.8 Å². The zero-order valence-corrected chi connectivity index (χ0v) is 33.7. The molecule has 264 valence electrons. The highest BCUT2D eigenvalue weighted by Crippen LogP contribution is 2.67. The summed E-state index contributed by atoms with van der Waals surface area (Å²) in [4.78, 5) is 0. The molecule has 8 rings (SSSR count). The minimum absolute atomic E-state index is 0.0558. The molecule has 2 N–H and O–H groups in total. The molecule has 0 unspecified atom stereocenters. The van der Waals surface area contributed by atoms with E-state index in [-0.39, 0.29) is 38.6 Å². The van der Waals surface area contributed by atoms with Crippen LogP contribution in [-0.4, -0.2) is 10.2 Å². The van der Waals surface area contributed by atoms with Crippen LogP contribution in [0.3, 0.4) is 0 Å². The number of aryl methyl sites for hydroxylation is 3. The third-order valence-corrected chi connectivity index (χ3v) is 13.8. The second-order valence-electron chi connectivity index (χ2n) is 18.7. The molecule has 0 amide bonds. The van der Waals surface area contributed by atoms with Gasteiger partial charge in [0, 0.05) is 15.9 Å². The van der Waals surface area contributed by atoms with Gasteiger partial charge < -0.3 is 10.2 Å². The van der Waals surface area contributed by atoms with Gasteiger partial charge in [-0.25, -0.2) is 0 Å². The Bertz CT molecular complexity index is 1960.